The van der Waals surface area contributed by atoms with Gasteiger partial charge in [0, 0.05) is 42.7 Å². The Bertz CT molecular complexity index is 719. The van der Waals surface area contributed by atoms with Gasteiger partial charge in [0.1, 0.15) is 5.60 Å². The standard InChI is InChI=1S/C16H23N5O2/c1-10-5-14-18-8-11(9-21(14)20-10)7-17-12-6-13(12)19-15(22)23-16(2,3)4/h5,8-9,12-13,17H,6-7H2,1-4H3,(H,19,22). The number of nitrogens with one attached hydrogen (secondary N) is 2. The van der Waals surface area contributed by atoms with Gasteiger partial charge in [0.25, 0.3) is 0 Å². The van der Waals surface area contributed by atoms with Gasteiger partial charge in [-0.3, -0.25) is 0 Å². The third-order valence-electron chi connectivity index (χ3n) is 3.55. The van der Waals surface area contributed by atoms with Crippen LogP contribution < -0.4 is 10.6 Å². The average molecular weight is 317 g/mol. The van der Waals surface area contributed by atoms with Gasteiger partial charge in [0.05, 0.1) is 5.69 Å². The number of aromatic nitrogens is 3. The first-order valence-corrected chi connectivity index (χ1v) is 7.84. The average Bonchev–Trinajstić information content (AvgIpc) is 3.03. The summed E-state index contributed by atoms with van der Waals surface area (Å²) in [4.78, 5) is 16.1. The molecule has 1 saturated carbocycles. The highest BCUT2D eigenvalue weighted by molar-refractivity contribution is 5.68. The van der Waals surface area contributed by atoms with E-state index in [4.69, 9.17) is 4.74 Å². The first kappa shape index (κ1) is 15.7. The monoisotopic (exact) mass is 317 g/mol. The van der Waals surface area contributed by atoms with Gasteiger partial charge >= 0.3 is 6.09 Å². The summed E-state index contributed by atoms with van der Waals surface area (Å²) >= 11 is 0. The van der Waals surface area contributed by atoms with E-state index in [1.165, 1.54) is 0 Å². The minimum atomic E-state index is -0.467. The van der Waals surface area contributed by atoms with E-state index in [2.05, 4.69) is 20.7 Å². The molecule has 2 aromatic rings. The molecule has 2 unspecified atom stereocenters. The minimum absolute atomic E-state index is 0.133. The van der Waals surface area contributed by atoms with Gasteiger partial charge in [-0.2, -0.15) is 5.10 Å². The number of rotatable bonds is 4. The maximum absolute atomic E-state index is 11.7. The van der Waals surface area contributed by atoms with Crippen LogP contribution in [0.1, 0.15) is 38.4 Å². The van der Waals surface area contributed by atoms with Crippen molar-refractivity contribution in [2.24, 2.45) is 0 Å². The highest BCUT2D eigenvalue weighted by Gasteiger charge is 2.38. The highest BCUT2D eigenvalue weighted by Crippen LogP contribution is 2.22. The molecule has 2 atom stereocenters. The maximum atomic E-state index is 11.7. The molecule has 2 aromatic heterocycles. The number of carbonyl (C=O) groups excluding carboxylic acids is 1. The van der Waals surface area contributed by atoms with E-state index in [0.717, 1.165) is 23.3 Å². The van der Waals surface area contributed by atoms with Crippen LogP contribution >= 0.6 is 0 Å². The number of hydrogen-bond donors (Lipinski definition) is 2. The van der Waals surface area contributed by atoms with Crippen LogP contribution in [0.3, 0.4) is 0 Å². The highest BCUT2D eigenvalue weighted by atomic mass is 16.6. The lowest BCUT2D eigenvalue weighted by Crippen LogP contribution is -2.36. The topological polar surface area (TPSA) is 80.5 Å². The fraction of sp³-hybridized carbons (Fsp3) is 0.562. The van der Waals surface area contributed by atoms with Crippen LogP contribution in [0.5, 0.6) is 0 Å². The van der Waals surface area contributed by atoms with Crippen LogP contribution in [0.4, 0.5) is 4.79 Å². The molecule has 124 valence electrons. The van der Waals surface area contributed by atoms with Crippen LogP contribution in [-0.4, -0.2) is 38.4 Å². The molecule has 0 saturated heterocycles. The van der Waals surface area contributed by atoms with Gasteiger partial charge in [-0.1, -0.05) is 0 Å². The van der Waals surface area contributed by atoms with Gasteiger partial charge < -0.3 is 15.4 Å². The molecule has 2 N–H and O–H groups in total. The Morgan fingerprint density at radius 2 is 2.22 bits per heavy atom. The predicted octanol–water partition coefficient (Wildman–Crippen LogP) is 1.79. The zero-order valence-corrected chi connectivity index (χ0v) is 14.0. The van der Waals surface area contributed by atoms with E-state index in [-0.39, 0.29) is 18.2 Å². The second-order valence-electron chi connectivity index (χ2n) is 7.03. The second-order valence-corrected chi connectivity index (χ2v) is 7.03. The molecule has 1 aliphatic rings. The first-order chi connectivity index (χ1) is 10.8. The first-order valence-electron chi connectivity index (χ1n) is 7.84. The smallest absolute Gasteiger partial charge is 0.407 e. The van der Waals surface area contributed by atoms with E-state index in [0.29, 0.717) is 6.54 Å². The lowest BCUT2D eigenvalue weighted by Gasteiger charge is -2.19. The molecule has 0 spiro atoms. The molecule has 1 amide bonds. The summed E-state index contributed by atoms with van der Waals surface area (Å²) in [6.07, 6.45) is 4.38. The van der Waals surface area contributed by atoms with E-state index in [9.17, 15) is 4.79 Å². The van der Waals surface area contributed by atoms with Crippen LogP contribution in [0.15, 0.2) is 18.5 Å². The van der Waals surface area contributed by atoms with Crippen molar-refractivity contribution in [2.45, 2.75) is 58.3 Å². The van der Waals surface area contributed by atoms with Crippen molar-refractivity contribution >= 4 is 11.7 Å². The molecule has 1 aliphatic carbocycles. The van der Waals surface area contributed by atoms with Crippen molar-refractivity contribution in [3.8, 4) is 0 Å². The largest absolute Gasteiger partial charge is 0.444 e. The molecule has 0 aliphatic heterocycles. The summed E-state index contributed by atoms with van der Waals surface area (Å²) in [5.41, 5.74) is 2.39. The van der Waals surface area contributed by atoms with E-state index >= 15 is 0 Å². The second kappa shape index (κ2) is 5.81. The summed E-state index contributed by atoms with van der Waals surface area (Å²) < 4.78 is 7.04. The summed E-state index contributed by atoms with van der Waals surface area (Å²) in [6, 6.07) is 2.35. The Kier molecular flexibility index (Phi) is 3.97. The molecule has 1 fully saturated rings. The predicted molar refractivity (Wildman–Crippen MR) is 86.1 cm³/mol. The lowest BCUT2D eigenvalue weighted by atomic mass is 10.2. The molecule has 2 heterocycles. The van der Waals surface area contributed by atoms with Crippen molar-refractivity contribution in [3.05, 3.63) is 29.7 Å². The van der Waals surface area contributed by atoms with Gasteiger partial charge in [-0.05, 0) is 34.1 Å². The minimum Gasteiger partial charge on any atom is -0.444 e. The Balaban J connectivity index is 1.47. The van der Waals surface area contributed by atoms with Crippen LogP contribution in [0.2, 0.25) is 0 Å². The van der Waals surface area contributed by atoms with E-state index in [1.54, 1.807) is 4.52 Å². The van der Waals surface area contributed by atoms with Crippen molar-refractivity contribution in [2.75, 3.05) is 0 Å². The number of amides is 1. The summed E-state index contributed by atoms with van der Waals surface area (Å²) in [7, 11) is 0. The lowest BCUT2D eigenvalue weighted by molar-refractivity contribution is 0.0522. The zero-order chi connectivity index (χ0) is 16.6. The Morgan fingerprint density at radius 1 is 1.43 bits per heavy atom. The van der Waals surface area contributed by atoms with Crippen molar-refractivity contribution in [1.82, 2.24) is 25.2 Å². The number of alkyl carbamates (subject to hydrolysis) is 1. The molecule has 3 rings (SSSR count). The Hall–Kier alpha value is -2.15. The Morgan fingerprint density at radius 3 is 2.96 bits per heavy atom. The van der Waals surface area contributed by atoms with E-state index in [1.807, 2.05) is 46.2 Å². The van der Waals surface area contributed by atoms with Gasteiger partial charge in [0.15, 0.2) is 5.65 Å². The van der Waals surface area contributed by atoms with Gasteiger partial charge in [0.2, 0.25) is 0 Å². The number of ether oxygens (including phenoxy) is 1. The number of nitrogens with zero attached hydrogens (tertiary/aromatic N) is 3. The van der Waals surface area contributed by atoms with Crippen molar-refractivity contribution < 1.29 is 9.53 Å². The normalized spacial score (nSPS) is 20.5. The molecule has 0 bridgehead atoms. The Labute approximate surface area is 135 Å². The van der Waals surface area contributed by atoms with Crippen LogP contribution in [0.25, 0.3) is 5.65 Å². The molecule has 23 heavy (non-hydrogen) atoms. The SMILES string of the molecule is Cc1cc2ncc(CNC3CC3NC(=O)OC(C)(C)C)cn2n1. The molecule has 0 radical (unpaired) electrons. The van der Waals surface area contributed by atoms with Crippen molar-refractivity contribution in [3.63, 3.8) is 0 Å². The third kappa shape index (κ3) is 4.19. The quantitative estimate of drug-likeness (QED) is 0.898. The van der Waals surface area contributed by atoms with Crippen LogP contribution in [0, 0.1) is 6.92 Å². The van der Waals surface area contributed by atoms with Gasteiger partial charge in [-0.25, -0.2) is 14.3 Å². The van der Waals surface area contributed by atoms with E-state index < -0.39 is 5.60 Å². The van der Waals surface area contributed by atoms with Crippen molar-refractivity contribution in [1.29, 1.82) is 0 Å². The fourth-order valence-electron chi connectivity index (χ4n) is 2.41. The molecule has 7 heteroatoms. The third-order valence-corrected chi connectivity index (χ3v) is 3.55. The number of aryl methyl sites for hydroxylation is 1. The van der Waals surface area contributed by atoms with Crippen LogP contribution in [-0.2, 0) is 11.3 Å². The summed E-state index contributed by atoms with van der Waals surface area (Å²) in [5.74, 6) is 0. The molecule has 0 aromatic carbocycles. The number of carbonyl (C=O) groups is 1. The molecular formula is C16H23N5O2. The maximum Gasteiger partial charge on any atom is 0.407 e. The zero-order valence-electron chi connectivity index (χ0n) is 14.0. The summed E-state index contributed by atoms with van der Waals surface area (Å²) in [5, 5.41) is 10.6. The molecular weight excluding hydrogens is 294 g/mol. The molecule has 7 nitrogen and oxygen atoms in total. The summed E-state index contributed by atoms with van der Waals surface area (Å²) in [6.45, 7) is 8.21. The fourth-order valence-corrected chi connectivity index (χ4v) is 2.41. The number of hydrogen-bond acceptors (Lipinski definition) is 5. The van der Waals surface area contributed by atoms with Gasteiger partial charge in [-0.15, -0.1) is 0 Å². The number of fused-ring (bicyclic) bond motifs is 1.